The van der Waals surface area contributed by atoms with Crippen molar-refractivity contribution in [2.24, 2.45) is 20.2 Å². The van der Waals surface area contributed by atoms with Crippen molar-refractivity contribution in [2.45, 2.75) is 13.5 Å². The monoisotopic (exact) mass is 547 g/mol. The molecule has 3 aromatic rings. The van der Waals surface area contributed by atoms with Crippen molar-refractivity contribution in [2.75, 3.05) is 20.4 Å². The molecule has 0 fully saturated rings. The summed E-state index contributed by atoms with van der Waals surface area (Å²) in [5.74, 6) is -0.103. The second-order valence-corrected chi connectivity index (χ2v) is 8.62. The number of imidazole rings is 1. The topological polar surface area (TPSA) is 143 Å². The molecule has 1 N–H and O–H groups in total. The Morgan fingerprint density at radius 1 is 1.18 bits per heavy atom. The van der Waals surface area contributed by atoms with E-state index in [-0.39, 0.29) is 17.8 Å². The maximum Gasteiger partial charge on any atom is 0.358 e. The van der Waals surface area contributed by atoms with Crippen molar-refractivity contribution < 1.29 is 24.2 Å². The molecule has 6 rings (SSSR count). The molecule has 0 aliphatic carbocycles. The van der Waals surface area contributed by atoms with Crippen LogP contribution in [0.4, 0.5) is 0 Å². The minimum Gasteiger partial charge on any atom is -0.497 e. The van der Waals surface area contributed by atoms with Crippen LogP contribution in [0.1, 0.15) is 39.0 Å². The molecule has 0 saturated heterocycles. The highest BCUT2D eigenvalue weighted by Gasteiger charge is 2.24. The van der Waals surface area contributed by atoms with Crippen LogP contribution in [0.3, 0.4) is 0 Å². The van der Waals surface area contributed by atoms with Gasteiger partial charge in [-0.1, -0.05) is 11.6 Å². The smallest absolute Gasteiger partial charge is 0.358 e. The zero-order valence-corrected chi connectivity index (χ0v) is 21.7. The lowest BCUT2D eigenvalue weighted by atomic mass is 10.1. The first-order chi connectivity index (χ1) is 18.9. The van der Waals surface area contributed by atoms with E-state index in [1.165, 1.54) is 6.07 Å². The van der Waals surface area contributed by atoms with Gasteiger partial charge in [-0.25, -0.2) is 14.6 Å². The fraction of sp³-hybridized carbons (Fsp3) is 0.192. The second-order valence-electron chi connectivity index (χ2n) is 8.26. The fourth-order valence-electron chi connectivity index (χ4n) is 4.12. The number of fused-ring (bicyclic) bond motifs is 5. The number of carboxylic acids is 1. The van der Waals surface area contributed by atoms with E-state index >= 15 is 0 Å². The van der Waals surface area contributed by atoms with Crippen molar-refractivity contribution in [1.29, 1.82) is 0 Å². The molecule has 3 aliphatic rings. The number of halogens is 1. The molecule has 3 aliphatic heterocycles. The number of benzene rings is 2. The number of aromatic nitrogens is 2. The van der Waals surface area contributed by atoms with Gasteiger partial charge in [0.2, 0.25) is 0 Å². The number of azo groups is 1. The van der Waals surface area contributed by atoms with Crippen molar-refractivity contribution in [1.82, 2.24) is 14.5 Å². The van der Waals surface area contributed by atoms with E-state index in [0.29, 0.717) is 46.3 Å². The van der Waals surface area contributed by atoms with Crippen LogP contribution in [0.5, 0.6) is 5.75 Å². The van der Waals surface area contributed by atoms with Crippen LogP contribution in [0.25, 0.3) is 11.5 Å². The van der Waals surface area contributed by atoms with Gasteiger partial charge in [0.25, 0.3) is 0 Å². The molecular weight excluding hydrogens is 526 g/mol. The average molecular weight is 548 g/mol. The van der Waals surface area contributed by atoms with Gasteiger partial charge in [-0.2, -0.15) is 5.11 Å². The van der Waals surface area contributed by atoms with Gasteiger partial charge in [-0.3, -0.25) is 14.6 Å². The molecule has 0 radical (unpaired) electrons. The van der Waals surface area contributed by atoms with Crippen LogP contribution < -0.4 is 15.3 Å². The minimum atomic E-state index is -0.966. The molecular formula is C26H22ClN7O5. The third kappa shape index (κ3) is 5.01. The number of hydrogen-bond acceptors (Lipinski definition) is 10. The maximum atomic E-state index is 12.0. The molecule has 0 amide bonds. The molecule has 198 valence electrons. The highest BCUT2D eigenvalue weighted by molar-refractivity contribution is 6.70. The van der Waals surface area contributed by atoms with Gasteiger partial charge in [0.1, 0.15) is 23.9 Å². The van der Waals surface area contributed by atoms with E-state index in [2.05, 4.69) is 25.2 Å². The summed E-state index contributed by atoms with van der Waals surface area (Å²) in [5, 5.41) is 18.7. The van der Waals surface area contributed by atoms with Crippen LogP contribution in [0, 0.1) is 0 Å². The summed E-state index contributed by atoms with van der Waals surface area (Å²) in [5.41, 5.74) is 2.66. The lowest BCUT2D eigenvalue weighted by Crippen LogP contribution is -2.30. The van der Waals surface area contributed by atoms with Crippen LogP contribution in [-0.2, 0) is 11.3 Å². The molecule has 1 aromatic heterocycles. The molecule has 0 saturated carbocycles. The Bertz CT molecular complexity index is 1690. The number of esters is 1. The summed E-state index contributed by atoms with van der Waals surface area (Å²) in [7, 11) is 1.59. The van der Waals surface area contributed by atoms with Crippen LogP contribution in [-0.4, -0.2) is 57.1 Å². The predicted molar refractivity (Wildman–Crippen MR) is 140 cm³/mol. The van der Waals surface area contributed by atoms with Gasteiger partial charge in [0.05, 0.1) is 42.6 Å². The van der Waals surface area contributed by atoms with E-state index < -0.39 is 11.9 Å². The first kappa shape index (κ1) is 25.8. The number of rotatable bonds is 4. The molecule has 4 heterocycles. The summed E-state index contributed by atoms with van der Waals surface area (Å²) in [6, 6.07) is 10.3. The number of aromatic carboxylic acids is 1. The van der Waals surface area contributed by atoms with Gasteiger partial charge in [0.15, 0.2) is 11.5 Å². The quantitative estimate of drug-likeness (QED) is 0.495. The summed E-state index contributed by atoms with van der Waals surface area (Å²) in [6.45, 7) is 2.74. The molecule has 12 nitrogen and oxygen atoms in total. The highest BCUT2D eigenvalue weighted by Crippen LogP contribution is 2.28. The number of carbonyl (C=O) groups is 2. The third-order valence-corrected chi connectivity index (χ3v) is 6.31. The minimum absolute atomic E-state index is 0.218. The molecule has 0 spiro atoms. The molecule has 0 bridgehead atoms. The Kier molecular flexibility index (Phi) is 7.19. The Morgan fingerprint density at radius 3 is 2.79 bits per heavy atom. The molecule has 0 unspecified atom stereocenters. The fourth-order valence-corrected chi connectivity index (χ4v) is 4.33. The van der Waals surface area contributed by atoms with Gasteiger partial charge in [0, 0.05) is 23.2 Å². The van der Waals surface area contributed by atoms with Crippen molar-refractivity contribution in [3.8, 4) is 11.4 Å². The van der Waals surface area contributed by atoms with E-state index in [1.54, 1.807) is 55.5 Å². The van der Waals surface area contributed by atoms with Crippen molar-refractivity contribution in [3.05, 3.63) is 88.2 Å². The van der Waals surface area contributed by atoms with E-state index in [9.17, 15) is 9.59 Å². The van der Waals surface area contributed by atoms with Crippen molar-refractivity contribution >= 4 is 34.5 Å². The predicted octanol–water partition coefficient (Wildman–Crippen LogP) is 2.84. The largest absolute Gasteiger partial charge is 0.497 e. The maximum absolute atomic E-state index is 12.0. The zero-order chi connectivity index (χ0) is 27.5. The lowest BCUT2D eigenvalue weighted by molar-refractivity contribution is 0.0518. The number of ether oxygens (including phenoxy) is 2. The van der Waals surface area contributed by atoms with Crippen LogP contribution >= 0.6 is 11.6 Å². The summed E-state index contributed by atoms with van der Waals surface area (Å²) in [4.78, 5) is 37.5. The number of carboxylic acid groups (broad SMARTS) is 1. The highest BCUT2D eigenvalue weighted by atomic mass is 35.5. The van der Waals surface area contributed by atoms with E-state index in [0.717, 1.165) is 11.3 Å². The molecule has 0 atom stereocenters. The summed E-state index contributed by atoms with van der Waals surface area (Å²) < 4.78 is 12.1. The number of nitrogens with zero attached hydrogens (tertiary/aromatic N) is 7. The molecule has 39 heavy (non-hydrogen) atoms. The lowest BCUT2D eigenvalue weighted by Gasteiger charge is -2.10. The third-order valence-electron chi connectivity index (χ3n) is 5.99. The van der Waals surface area contributed by atoms with Gasteiger partial charge in [-0.05, 0) is 43.3 Å². The summed E-state index contributed by atoms with van der Waals surface area (Å²) in [6.07, 6.45) is 5.01. The Labute approximate surface area is 226 Å². The average Bonchev–Trinajstić information content (AvgIpc) is 3.52. The number of aliphatic imine (C=N–C) groups is 1. The number of carbonyl (C=O) groups excluding carboxylic acids is 1. The van der Waals surface area contributed by atoms with Crippen LogP contribution in [0.15, 0.2) is 75.3 Å². The first-order valence-electron chi connectivity index (χ1n) is 11.8. The number of methoxy groups -OCH3 is 1. The molecule has 2 aromatic carbocycles. The van der Waals surface area contributed by atoms with Crippen molar-refractivity contribution in [3.63, 3.8) is 0 Å². The SMILES string of the molecule is CCOC(=O)c1ncn2c1CN=C(Cl)c1cc(OC)ccc1-2.O=C(O)c1ccc2c(c1)=C1N=NCN1C=CN=2. The Hall–Kier alpha value is -4.84. The zero-order valence-electron chi connectivity index (χ0n) is 20.9. The van der Waals surface area contributed by atoms with E-state index in [1.807, 2.05) is 17.0 Å². The summed E-state index contributed by atoms with van der Waals surface area (Å²) >= 11 is 6.27. The van der Waals surface area contributed by atoms with E-state index in [4.69, 9.17) is 26.2 Å². The normalized spacial score (nSPS) is 14.3. The van der Waals surface area contributed by atoms with Gasteiger partial charge >= 0.3 is 11.9 Å². The second kappa shape index (κ2) is 10.9. The number of hydrogen-bond donors (Lipinski definition) is 1. The molecule has 13 heteroatoms. The van der Waals surface area contributed by atoms with Crippen LogP contribution in [0.2, 0.25) is 0 Å². The Morgan fingerprint density at radius 2 is 2.03 bits per heavy atom. The Balaban J connectivity index is 0.000000163. The first-order valence-corrected chi connectivity index (χ1v) is 12.2. The van der Waals surface area contributed by atoms with Gasteiger partial charge < -0.3 is 19.5 Å². The van der Waals surface area contributed by atoms with Gasteiger partial charge in [-0.15, -0.1) is 5.11 Å². The standard InChI is InChI=1S/C15H14ClN3O3.C11H8N4O2/c1-3-22-15(20)13-12-7-17-14(16)10-6-9(21-2)4-5-11(10)19(12)8-18-13;16-11(17)7-1-2-9-8(5-7)10-14-13-6-15(10)4-3-12-9/h4-6,8H,3,7H2,1-2H3;1-5H,6H2,(H,16,17).